The van der Waals surface area contributed by atoms with E-state index in [2.05, 4.69) is 10.5 Å². The number of benzene rings is 1. The average molecular weight is 271 g/mol. The predicted molar refractivity (Wildman–Crippen MR) is 66.8 cm³/mol. The molecule has 0 saturated carbocycles. The molecule has 0 bridgehead atoms. The number of oxime groups is 1. The van der Waals surface area contributed by atoms with Crippen LogP contribution in [0.5, 0.6) is 0 Å². The zero-order chi connectivity index (χ0) is 14.6. The Morgan fingerprint density at radius 1 is 1.53 bits per heavy atom. The molecule has 0 aliphatic heterocycles. The molecule has 19 heavy (non-hydrogen) atoms. The second-order valence-corrected chi connectivity index (χ2v) is 4.23. The second-order valence-electron chi connectivity index (χ2n) is 4.23. The number of nitrogens with zero attached hydrogens (tertiary/aromatic N) is 1. The van der Waals surface area contributed by atoms with Gasteiger partial charge in [0.25, 0.3) is 0 Å². The van der Waals surface area contributed by atoms with Gasteiger partial charge in [-0.2, -0.15) is 0 Å². The van der Waals surface area contributed by atoms with Crippen molar-refractivity contribution in [2.75, 3.05) is 5.32 Å². The molecule has 0 heterocycles. The first-order valence-corrected chi connectivity index (χ1v) is 5.60. The highest BCUT2D eigenvalue weighted by atomic mass is 19.2. The topological polar surface area (TPSA) is 87.7 Å². The quantitative estimate of drug-likeness (QED) is 0.339. The summed E-state index contributed by atoms with van der Waals surface area (Å²) in [5.41, 5.74) is 3.85. The number of halogens is 2. The zero-order valence-electron chi connectivity index (χ0n) is 10.6. The van der Waals surface area contributed by atoms with Crippen LogP contribution in [0, 0.1) is 17.0 Å². The van der Waals surface area contributed by atoms with Gasteiger partial charge in [0.15, 0.2) is 17.5 Å². The molecule has 7 heteroatoms. The molecule has 4 N–H and O–H groups in total. The second kappa shape index (κ2) is 5.64. The van der Waals surface area contributed by atoms with Crippen LogP contribution in [0.2, 0.25) is 0 Å². The number of carbonyl (C=O) groups excluding carboxylic acids is 1. The fourth-order valence-corrected chi connectivity index (χ4v) is 1.43. The van der Waals surface area contributed by atoms with Crippen molar-refractivity contribution in [2.24, 2.45) is 16.3 Å². The van der Waals surface area contributed by atoms with Gasteiger partial charge < -0.3 is 16.3 Å². The standard InChI is InChI=1S/C12H15F2N3O2/c1-3-12(2,10(15)17-19)11(18)16-8-6-4-5-7(13)9(8)14/h4-6,19H,3H2,1-2H3,(H2,15,17)(H,16,18). The van der Waals surface area contributed by atoms with Crippen LogP contribution in [0.4, 0.5) is 14.5 Å². The molecule has 5 nitrogen and oxygen atoms in total. The molecule has 0 saturated heterocycles. The summed E-state index contributed by atoms with van der Waals surface area (Å²) in [7, 11) is 0. The Labute approximate surface area is 109 Å². The lowest BCUT2D eigenvalue weighted by Crippen LogP contribution is -2.44. The van der Waals surface area contributed by atoms with Crippen LogP contribution in [-0.4, -0.2) is 17.0 Å². The van der Waals surface area contributed by atoms with E-state index in [9.17, 15) is 13.6 Å². The highest BCUT2D eigenvalue weighted by molar-refractivity contribution is 6.11. The van der Waals surface area contributed by atoms with Crippen LogP contribution in [0.15, 0.2) is 23.4 Å². The summed E-state index contributed by atoms with van der Waals surface area (Å²) in [6, 6.07) is 3.42. The van der Waals surface area contributed by atoms with E-state index >= 15 is 0 Å². The van der Waals surface area contributed by atoms with E-state index in [1.165, 1.54) is 19.1 Å². The van der Waals surface area contributed by atoms with Crippen LogP contribution in [0.1, 0.15) is 20.3 Å². The third kappa shape index (κ3) is 2.81. The molecule has 0 radical (unpaired) electrons. The number of hydrogen-bond donors (Lipinski definition) is 3. The van der Waals surface area contributed by atoms with Crippen molar-refractivity contribution in [2.45, 2.75) is 20.3 Å². The summed E-state index contributed by atoms with van der Waals surface area (Å²) in [5, 5.41) is 13.7. The number of rotatable bonds is 4. The molecular weight excluding hydrogens is 256 g/mol. The molecule has 1 aromatic rings. The molecule has 0 fully saturated rings. The van der Waals surface area contributed by atoms with Crippen molar-refractivity contribution in [1.82, 2.24) is 0 Å². The van der Waals surface area contributed by atoms with E-state index in [4.69, 9.17) is 10.9 Å². The summed E-state index contributed by atoms with van der Waals surface area (Å²) < 4.78 is 26.5. The molecule has 1 amide bonds. The fourth-order valence-electron chi connectivity index (χ4n) is 1.43. The minimum Gasteiger partial charge on any atom is -0.409 e. The van der Waals surface area contributed by atoms with Gasteiger partial charge in [-0.25, -0.2) is 8.78 Å². The minimum absolute atomic E-state index is 0.228. The molecule has 1 atom stereocenters. The number of nitrogens with two attached hydrogens (primary N) is 1. The van der Waals surface area contributed by atoms with E-state index in [-0.39, 0.29) is 17.9 Å². The van der Waals surface area contributed by atoms with Gasteiger partial charge in [0, 0.05) is 0 Å². The van der Waals surface area contributed by atoms with Gasteiger partial charge in [0.1, 0.15) is 5.41 Å². The van der Waals surface area contributed by atoms with Crippen molar-refractivity contribution in [3.63, 3.8) is 0 Å². The van der Waals surface area contributed by atoms with E-state index in [1.807, 2.05) is 0 Å². The lowest BCUT2D eigenvalue weighted by molar-refractivity contribution is -0.121. The van der Waals surface area contributed by atoms with Crippen molar-refractivity contribution in [3.05, 3.63) is 29.8 Å². The molecule has 0 aliphatic rings. The Bertz CT molecular complexity index is 520. The van der Waals surface area contributed by atoms with Crippen molar-refractivity contribution in [1.29, 1.82) is 0 Å². The predicted octanol–water partition coefficient (Wildman–Crippen LogP) is 2.07. The highest BCUT2D eigenvalue weighted by Gasteiger charge is 2.36. The summed E-state index contributed by atoms with van der Waals surface area (Å²) in [5.74, 6) is -3.22. The minimum atomic E-state index is -1.31. The lowest BCUT2D eigenvalue weighted by Gasteiger charge is -2.25. The SMILES string of the molecule is CCC(C)(C(=O)Nc1cccc(F)c1F)/C(N)=N/O. The van der Waals surface area contributed by atoms with Crippen LogP contribution in [-0.2, 0) is 4.79 Å². The lowest BCUT2D eigenvalue weighted by atomic mass is 9.85. The van der Waals surface area contributed by atoms with E-state index in [1.54, 1.807) is 6.92 Å². The molecule has 1 unspecified atom stereocenters. The van der Waals surface area contributed by atoms with Gasteiger partial charge in [-0.3, -0.25) is 4.79 Å². The van der Waals surface area contributed by atoms with Crippen LogP contribution >= 0.6 is 0 Å². The van der Waals surface area contributed by atoms with Crippen molar-refractivity contribution < 1.29 is 18.8 Å². The molecular formula is C12H15F2N3O2. The monoisotopic (exact) mass is 271 g/mol. The van der Waals surface area contributed by atoms with Gasteiger partial charge >= 0.3 is 0 Å². The van der Waals surface area contributed by atoms with Gasteiger partial charge in [0.05, 0.1) is 5.69 Å². The Balaban J connectivity index is 3.05. The number of amides is 1. The normalized spacial score (nSPS) is 14.8. The zero-order valence-corrected chi connectivity index (χ0v) is 10.6. The summed E-state index contributed by atoms with van der Waals surface area (Å²) in [6.07, 6.45) is 0.228. The third-order valence-corrected chi connectivity index (χ3v) is 3.08. The maximum Gasteiger partial charge on any atom is 0.238 e. The number of anilines is 1. The van der Waals surface area contributed by atoms with Gasteiger partial charge in [0.2, 0.25) is 5.91 Å². The van der Waals surface area contributed by atoms with Crippen molar-refractivity contribution in [3.8, 4) is 0 Å². The highest BCUT2D eigenvalue weighted by Crippen LogP contribution is 2.25. The summed E-state index contributed by atoms with van der Waals surface area (Å²) in [6.45, 7) is 3.09. The van der Waals surface area contributed by atoms with Gasteiger partial charge in [-0.1, -0.05) is 18.1 Å². The van der Waals surface area contributed by atoms with Crippen LogP contribution in [0.25, 0.3) is 0 Å². The molecule has 104 valence electrons. The first kappa shape index (κ1) is 14.9. The number of nitrogens with one attached hydrogen (secondary N) is 1. The first-order chi connectivity index (χ1) is 8.86. The maximum atomic E-state index is 13.4. The van der Waals surface area contributed by atoms with Gasteiger partial charge in [-0.15, -0.1) is 0 Å². The Morgan fingerprint density at radius 3 is 2.68 bits per heavy atom. The molecule has 0 spiro atoms. The molecule has 1 aromatic carbocycles. The number of amidine groups is 1. The Hall–Kier alpha value is -2.18. The average Bonchev–Trinajstić information content (AvgIpc) is 2.41. The molecule has 0 aliphatic carbocycles. The number of carbonyl (C=O) groups is 1. The van der Waals surface area contributed by atoms with E-state index in [0.29, 0.717) is 0 Å². The number of hydrogen-bond acceptors (Lipinski definition) is 3. The maximum absolute atomic E-state index is 13.4. The summed E-state index contributed by atoms with van der Waals surface area (Å²) >= 11 is 0. The smallest absolute Gasteiger partial charge is 0.238 e. The van der Waals surface area contributed by atoms with E-state index < -0.39 is 23.0 Å². The fraction of sp³-hybridized carbons (Fsp3) is 0.333. The van der Waals surface area contributed by atoms with Gasteiger partial charge in [-0.05, 0) is 25.5 Å². The summed E-state index contributed by atoms with van der Waals surface area (Å²) in [4.78, 5) is 12.1. The third-order valence-electron chi connectivity index (χ3n) is 3.08. The molecule has 0 aromatic heterocycles. The first-order valence-electron chi connectivity index (χ1n) is 5.60. The largest absolute Gasteiger partial charge is 0.409 e. The molecule has 1 rings (SSSR count). The van der Waals surface area contributed by atoms with Crippen LogP contribution in [0.3, 0.4) is 0 Å². The van der Waals surface area contributed by atoms with Crippen LogP contribution < -0.4 is 11.1 Å². The van der Waals surface area contributed by atoms with E-state index in [0.717, 1.165) is 6.07 Å². The Kier molecular flexibility index (Phi) is 4.42. The Morgan fingerprint density at radius 2 is 2.16 bits per heavy atom. The van der Waals surface area contributed by atoms with Crippen molar-refractivity contribution >= 4 is 17.4 Å².